The van der Waals surface area contributed by atoms with Crippen LogP contribution in [0.4, 0.5) is 0 Å². The Labute approximate surface area is 136 Å². The average Bonchev–Trinajstić information content (AvgIpc) is 2.96. The van der Waals surface area contributed by atoms with Gasteiger partial charge in [-0.05, 0) is 28.5 Å². The van der Waals surface area contributed by atoms with Crippen LogP contribution in [0.3, 0.4) is 0 Å². The van der Waals surface area contributed by atoms with Crippen LogP contribution in [0.2, 0.25) is 5.02 Å². The second-order valence-corrected chi connectivity index (χ2v) is 6.19. The number of hydrogen-bond donors (Lipinski definition) is 0. The molecule has 0 amide bonds. The minimum atomic E-state index is -0.0345. The van der Waals surface area contributed by atoms with Gasteiger partial charge < -0.3 is 0 Å². The number of halogens is 1. The summed E-state index contributed by atoms with van der Waals surface area (Å²) in [5.74, 6) is 0.711. The van der Waals surface area contributed by atoms with Gasteiger partial charge in [0.15, 0.2) is 0 Å². The van der Waals surface area contributed by atoms with Crippen molar-refractivity contribution in [2.24, 2.45) is 0 Å². The van der Waals surface area contributed by atoms with Gasteiger partial charge in [0.1, 0.15) is 5.82 Å². The number of rotatable bonds is 0. The summed E-state index contributed by atoms with van der Waals surface area (Å²) in [4.78, 5) is 17.6. The number of para-hydroxylation sites is 1. The lowest BCUT2D eigenvalue weighted by Gasteiger charge is -2.07. The highest BCUT2D eigenvalue weighted by molar-refractivity contribution is 6.35. The molecule has 3 nitrogen and oxygen atoms in total. The van der Waals surface area contributed by atoms with Crippen molar-refractivity contribution >= 4 is 33.3 Å². The fourth-order valence-corrected chi connectivity index (χ4v) is 3.65. The number of benzene rings is 3. The quantitative estimate of drug-likeness (QED) is 0.428. The van der Waals surface area contributed by atoms with Crippen LogP contribution in [0.15, 0.2) is 59.4 Å². The smallest absolute Gasteiger partial charge is 0.262 e. The number of fused-ring (bicyclic) bond motifs is 6. The highest BCUT2D eigenvalue weighted by atomic mass is 35.5. The second-order valence-electron chi connectivity index (χ2n) is 5.78. The summed E-state index contributed by atoms with van der Waals surface area (Å²) in [7, 11) is 0. The van der Waals surface area contributed by atoms with E-state index in [0.717, 1.165) is 21.9 Å². The third-order valence-electron chi connectivity index (χ3n) is 4.50. The van der Waals surface area contributed by atoms with Gasteiger partial charge in [-0.3, -0.25) is 9.36 Å². The number of hydrogen-bond acceptors (Lipinski definition) is 2. The first kappa shape index (κ1) is 12.9. The minimum Gasteiger partial charge on any atom is -0.288 e. The second kappa shape index (κ2) is 4.43. The molecule has 4 heteroatoms. The van der Waals surface area contributed by atoms with E-state index in [0.29, 0.717) is 28.3 Å². The first-order valence-corrected chi connectivity index (χ1v) is 7.82. The fourth-order valence-electron chi connectivity index (χ4n) is 3.43. The normalized spacial score (nSPS) is 12.6. The molecule has 0 N–H and O–H groups in total. The van der Waals surface area contributed by atoms with Crippen molar-refractivity contribution in [1.29, 1.82) is 0 Å². The lowest BCUT2D eigenvalue weighted by Crippen LogP contribution is -2.20. The molecule has 0 aliphatic carbocycles. The number of aromatic nitrogens is 2. The van der Waals surface area contributed by atoms with Crippen molar-refractivity contribution in [2.75, 3.05) is 0 Å². The molecule has 2 heterocycles. The van der Waals surface area contributed by atoms with Gasteiger partial charge >= 0.3 is 0 Å². The largest absolute Gasteiger partial charge is 0.288 e. The molecule has 23 heavy (non-hydrogen) atoms. The molecule has 0 saturated heterocycles. The highest BCUT2D eigenvalue weighted by Crippen LogP contribution is 2.36. The summed E-state index contributed by atoms with van der Waals surface area (Å²) in [6.45, 7) is 0.559. The molecule has 1 aliphatic heterocycles. The molecular weight excluding hydrogens is 308 g/mol. The zero-order valence-corrected chi connectivity index (χ0v) is 12.8. The zero-order valence-electron chi connectivity index (χ0n) is 12.1. The molecule has 110 valence electrons. The Kier molecular flexibility index (Phi) is 2.48. The van der Waals surface area contributed by atoms with Crippen molar-refractivity contribution in [3.05, 3.63) is 75.5 Å². The first-order chi connectivity index (χ1) is 11.2. The van der Waals surface area contributed by atoms with Gasteiger partial charge in [0.05, 0.1) is 22.5 Å². The van der Waals surface area contributed by atoms with Crippen LogP contribution >= 0.6 is 11.6 Å². The molecule has 0 spiro atoms. The Morgan fingerprint density at radius 2 is 1.78 bits per heavy atom. The van der Waals surface area contributed by atoms with E-state index in [4.69, 9.17) is 16.6 Å². The lowest BCUT2D eigenvalue weighted by molar-refractivity contribution is 0.797. The summed E-state index contributed by atoms with van der Waals surface area (Å²) in [6.07, 6.45) is 0. The molecule has 0 radical (unpaired) electrons. The summed E-state index contributed by atoms with van der Waals surface area (Å²) in [5, 5.41) is 3.35. The van der Waals surface area contributed by atoms with Crippen LogP contribution in [0, 0.1) is 0 Å². The van der Waals surface area contributed by atoms with Crippen molar-refractivity contribution < 1.29 is 0 Å². The fraction of sp³-hybridized carbons (Fsp3) is 0.0526. The Morgan fingerprint density at radius 3 is 2.70 bits per heavy atom. The molecule has 0 unspecified atom stereocenters. The van der Waals surface area contributed by atoms with E-state index in [2.05, 4.69) is 24.3 Å². The van der Waals surface area contributed by atoms with Crippen LogP contribution in [-0.4, -0.2) is 9.55 Å². The molecule has 1 aliphatic rings. The Morgan fingerprint density at radius 1 is 0.957 bits per heavy atom. The molecule has 0 fully saturated rings. The minimum absolute atomic E-state index is 0.0345. The van der Waals surface area contributed by atoms with Crippen molar-refractivity contribution in [3.63, 3.8) is 0 Å². The Balaban J connectivity index is 1.98. The van der Waals surface area contributed by atoms with Gasteiger partial charge in [0.2, 0.25) is 0 Å². The van der Waals surface area contributed by atoms with Crippen LogP contribution in [0.1, 0.15) is 5.56 Å². The van der Waals surface area contributed by atoms with Crippen molar-refractivity contribution in [2.45, 2.75) is 6.54 Å². The van der Waals surface area contributed by atoms with E-state index in [1.807, 2.05) is 12.1 Å². The van der Waals surface area contributed by atoms with E-state index in [9.17, 15) is 4.79 Å². The predicted molar refractivity (Wildman–Crippen MR) is 93.1 cm³/mol. The standard InChI is InChI=1S/C19H11ClN2O/c20-15-7-3-6-14-17(15)21-18-16-12(10-22(18)19(14)23)9-8-11-4-1-2-5-13(11)16/h1-9H,10H2. The highest BCUT2D eigenvalue weighted by Gasteiger charge is 2.24. The molecule has 4 aromatic rings. The van der Waals surface area contributed by atoms with Crippen LogP contribution < -0.4 is 5.56 Å². The maximum absolute atomic E-state index is 12.8. The van der Waals surface area contributed by atoms with E-state index >= 15 is 0 Å². The van der Waals surface area contributed by atoms with E-state index in [1.165, 1.54) is 0 Å². The molecule has 0 saturated carbocycles. The molecule has 3 aromatic carbocycles. The predicted octanol–water partition coefficient (Wildman–Crippen LogP) is 4.23. The van der Waals surface area contributed by atoms with Gasteiger partial charge in [-0.15, -0.1) is 0 Å². The summed E-state index contributed by atoms with van der Waals surface area (Å²) in [5.41, 5.74) is 2.71. The summed E-state index contributed by atoms with van der Waals surface area (Å²) >= 11 is 6.27. The third kappa shape index (κ3) is 1.65. The molecule has 0 atom stereocenters. The molecule has 1 aromatic heterocycles. The maximum Gasteiger partial charge on any atom is 0.262 e. The Hall–Kier alpha value is -2.65. The van der Waals surface area contributed by atoms with E-state index in [1.54, 1.807) is 22.8 Å². The number of nitrogens with zero attached hydrogens (tertiary/aromatic N) is 2. The molecule has 0 bridgehead atoms. The maximum atomic E-state index is 12.8. The topological polar surface area (TPSA) is 34.9 Å². The average molecular weight is 319 g/mol. The summed E-state index contributed by atoms with van der Waals surface area (Å²) < 4.78 is 1.75. The van der Waals surface area contributed by atoms with Gasteiger partial charge in [-0.2, -0.15) is 0 Å². The lowest BCUT2D eigenvalue weighted by atomic mass is 10.0. The monoisotopic (exact) mass is 318 g/mol. The van der Waals surface area contributed by atoms with Crippen LogP contribution in [0.5, 0.6) is 0 Å². The van der Waals surface area contributed by atoms with Gasteiger partial charge in [-0.25, -0.2) is 4.98 Å². The van der Waals surface area contributed by atoms with E-state index in [-0.39, 0.29) is 5.56 Å². The van der Waals surface area contributed by atoms with Crippen molar-refractivity contribution in [3.8, 4) is 11.4 Å². The first-order valence-electron chi connectivity index (χ1n) is 7.44. The van der Waals surface area contributed by atoms with Gasteiger partial charge in [0, 0.05) is 5.56 Å². The van der Waals surface area contributed by atoms with Gasteiger partial charge in [0.25, 0.3) is 5.56 Å². The van der Waals surface area contributed by atoms with E-state index < -0.39 is 0 Å². The van der Waals surface area contributed by atoms with Crippen LogP contribution in [-0.2, 0) is 6.54 Å². The van der Waals surface area contributed by atoms with Crippen molar-refractivity contribution in [1.82, 2.24) is 9.55 Å². The third-order valence-corrected chi connectivity index (χ3v) is 4.81. The van der Waals surface area contributed by atoms with Gasteiger partial charge in [-0.1, -0.05) is 54.1 Å². The molecule has 5 rings (SSSR count). The molecular formula is C19H11ClN2O. The summed E-state index contributed by atoms with van der Waals surface area (Å²) in [6, 6.07) is 17.7. The SMILES string of the molecule is O=c1c2cccc(Cl)c2nc2n1Cc1ccc3ccccc3c1-2. The van der Waals surface area contributed by atoms with Crippen LogP contribution in [0.25, 0.3) is 33.1 Å². The Bertz CT molecular complexity index is 1180. The zero-order chi connectivity index (χ0) is 15.6.